The Morgan fingerprint density at radius 2 is 1.80 bits per heavy atom. The lowest BCUT2D eigenvalue weighted by molar-refractivity contribution is -0.111. The minimum absolute atomic E-state index is 0.222. The van der Waals surface area contributed by atoms with Crippen molar-refractivity contribution < 1.29 is 19.0 Å². The first-order valence-electron chi connectivity index (χ1n) is 8.19. The lowest BCUT2D eigenvalue weighted by atomic mass is 10.2. The number of hydrogen-bond acceptors (Lipinski definition) is 4. The van der Waals surface area contributed by atoms with E-state index in [9.17, 15) is 4.79 Å². The van der Waals surface area contributed by atoms with Gasteiger partial charge in [-0.1, -0.05) is 12.1 Å². The molecule has 0 saturated heterocycles. The molecule has 2 aromatic carbocycles. The molecule has 0 radical (unpaired) electrons. The van der Waals surface area contributed by atoms with Crippen molar-refractivity contribution in [2.24, 2.45) is 0 Å². The van der Waals surface area contributed by atoms with E-state index < -0.39 is 0 Å². The summed E-state index contributed by atoms with van der Waals surface area (Å²) < 4.78 is 16.3. The van der Waals surface area contributed by atoms with Gasteiger partial charge in [-0.3, -0.25) is 4.79 Å². The predicted molar refractivity (Wildman–Crippen MR) is 99.4 cm³/mol. The molecular weight excluding hydrogens is 318 g/mol. The maximum atomic E-state index is 12.1. The molecule has 0 fully saturated rings. The summed E-state index contributed by atoms with van der Waals surface area (Å²) in [5, 5.41) is 2.80. The van der Waals surface area contributed by atoms with E-state index in [4.69, 9.17) is 14.2 Å². The number of rotatable bonds is 8. The molecule has 132 valence electrons. The summed E-state index contributed by atoms with van der Waals surface area (Å²) in [5.74, 6) is 1.83. The smallest absolute Gasteiger partial charge is 0.248 e. The highest BCUT2D eigenvalue weighted by Crippen LogP contribution is 2.29. The van der Waals surface area contributed by atoms with Gasteiger partial charge >= 0.3 is 0 Å². The summed E-state index contributed by atoms with van der Waals surface area (Å²) in [6, 6.07) is 12.8. The lowest BCUT2D eigenvalue weighted by Crippen LogP contribution is -2.07. The van der Waals surface area contributed by atoms with E-state index >= 15 is 0 Å². The van der Waals surface area contributed by atoms with E-state index in [0.29, 0.717) is 36.1 Å². The fraction of sp³-hybridized carbons (Fsp3) is 0.250. The van der Waals surface area contributed by atoms with Crippen LogP contribution in [0.1, 0.15) is 19.4 Å². The lowest BCUT2D eigenvalue weighted by Gasteiger charge is -2.11. The first-order valence-corrected chi connectivity index (χ1v) is 8.19. The highest BCUT2D eigenvalue weighted by atomic mass is 16.5. The largest absolute Gasteiger partial charge is 0.497 e. The van der Waals surface area contributed by atoms with Crippen molar-refractivity contribution in [3.05, 3.63) is 54.1 Å². The molecular formula is C20H23NO4. The summed E-state index contributed by atoms with van der Waals surface area (Å²) in [7, 11) is 1.59. The molecule has 0 saturated carbocycles. The van der Waals surface area contributed by atoms with Crippen LogP contribution in [0.2, 0.25) is 0 Å². The maximum absolute atomic E-state index is 12.1. The zero-order valence-electron chi connectivity index (χ0n) is 14.7. The Bertz CT molecular complexity index is 740. The van der Waals surface area contributed by atoms with Crippen LogP contribution in [0.4, 0.5) is 5.69 Å². The van der Waals surface area contributed by atoms with Gasteiger partial charge in [0.15, 0.2) is 11.5 Å². The second-order valence-electron chi connectivity index (χ2n) is 5.13. The van der Waals surface area contributed by atoms with Crippen LogP contribution in [0.5, 0.6) is 17.2 Å². The van der Waals surface area contributed by atoms with Crippen LogP contribution in [0.15, 0.2) is 48.5 Å². The van der Waals surface area contributed by atoms with Crippen LogP contribution in [-0.4, -0.2) is 26.2 Å². The SMILES string of the molecule is CCOc1ccc(C=CC(=O)Nc2cccc(OC)c2)cc1OCC. The van der Waals surface area contributed by atoms with Crippen molar-refractivity contribution in [1.29, 1.82) is 0 Å². The average Bonchev–Trinajstić information content (AvgIpc) is 2.62. The Kier molecular flexibility index (Phi) is 6.89. The van der Waals surface area contributed by atoms with Crippen molar-refractivity contribution in [2.75, 3.05) is 25.6 Å². The van der Waals surface area contributed by atoms with Crippen molar-refractivity contribution in [3.8, 4) is 17.2 Å². The number of carbonyl (C=O) groups is 1. The number of nitrogens with one attached hydrogen (secondary N) is 1. The molecule has 5 nitrogen and oxygen atoms in total. The van der Waals surface area contributed by atoms with Gasteiger partial charge in [0.2, 0.25) is 5.91 Å². The second kappa shape index (κ2) is 9.37. The van der Waals surface area contributed by atoms with Gasteiger partial charge in [0.25, 0.3) is 0 Å². The number of hydrogen-bond donors (Lipinski definition) is 1. The minimum atomic E-state index is -0.222. The highest BCUT2D eigenvalue weighted by molar-refractivity contribution is 6.02. The molecule has 0 aliphatic heterocycles. The fourth-order valence-electron chi connectivity index (χ4n) is 2.23. The molecule has 0 aliphatic carbocycles. The van der Waals surface area contributed by atoms with Crippen LogP contribution in [-0.2, 0) is 4.79 Å². The number of methoxy groups -OCH3 is 1. The van der Waals surface area contributed by atoms with E-state index in [2.05, 4.69) is 5.32 Å². The summed E-state index contributed by atoms with van der Waals surface area (Å²) in [6.07, 6.45) is 3.21. The summed E-state index contributed by atoms with van der Waals surface area (Å²) >= 11 is 0. The standard InChI is InChI=1S/C20H23NO4/c1-4-24-18-11-9-15(13-19(18)25-5-2)10-12-20(22)21-16-7-6-8-17(14-16)23-3/h6-14H,4-5H2,1-3H3,(H,21,22). The third-order valence-corrected chi connectivity index (χ3v) is 3.33. The molecule has 1 N–H and O–H groups in total. The maximum Gasteiger partial charge on any atom is 0.248 e. The van der Waals surface area contributed by atoms with Gasteiger partial charge in [0.1, 0.15) is 5.75 Å². The third-order valence-electron chi connectivity index (χ3n) is 3.33. The normalized spacial score (nSPS) is 10.5. The van der Waals surface area contributed by atoms with Gasteiger partial charge < -0.3 is 19.5 Å². The van der Waals surface area contributed by atoms with E-state index in [-0.39, 0.29) is 5.91 Å². The highest BCUT2D eigenvalue weighted by Gasteiger charge is 2.05. The van der Waals surface area contributed by atoms with E-state index in [1.165, 1.54) is 6.08 Å². The Morgan fingerprint density at radius 3 is 2.52 bits per heavy atom. The number of amides is 1. The van der Waals surface area contributed by atoms with Gasteiger partial charge in [-0.2, -0.15) is 0 Å². The molecule has 5 heteroatoms. The van der Waals surface area contributed by atoms with Gasteiger partial charge in [-0.05, 0) is 49.8 Å². The van der Waals surface area contributed by atoms with Crippen molar-refractivity contribution in [1.82, 2.24) is 0 Å². The van der Waals surface area contributed by atoms with E-state index in [1.54, 1.807) is 25.3 Å². The zero-order valence-corrected chi connectivity index (χ0v) is 14.7. The molecule has 1 amide bonds. The molecule has 2 aromatic rings. The summed E-state index contributed by atoms with van der Waals surface area (Å²) in [4.78, 5) is 12.1. The zero-order chi connectivity index (χ0) is 18.1. The molecule has 25 heavy (non-hydrogen) atoms. The van der Waals surface area contributed by atoms with Crippen LogP contribution in [0.25, 0.3) is 6.08 Å². The molecule has 0 unspecified atom stereocenters. The minimum Gasteiger partial charge on any atom is -0.497 e. The first-order chi connectivity index (χ1) is 12.2. The topological polar surface area (TPSA) is 56.8 Å². The summed E-state index contributed by atoms with van der Waals surface area (Å²) in [6.45, 7) is 4.95. The second-order valence-corrected chi connectivity index (χ2v) is 5.13. The van der Waals surface area contributed by atoms with Crippen molar-refractivity contribution in [2.45, 2.75) is 13.8 Å². The molecule has 2 rings (SSSR count). The Morgan fingerprint density at radius 1 is 1.04 bits per heavy atom. The third kappa shape index (κ3) is 5.57. The van der Waals surface area contributed by atoms with Gasteiger partial charge in [0.05, 0.1) is 20.3 Å². The molecule has 0 spiro atoms. The quantitative estimate of drug-likeness (QED) is 0.733. The Balaban J connectivity index is 2.06. The number of anilines is 1. The van der Waals surface area contributed by atoms with Crippen LogP contribution in [0, 0.1) is 0 Å². The number of benzene rings is 2. The van der Waals surface area contributed by atoms with Crippen LogP contribution in [0.3, 0.4) is 0 Å². The molecule has 0 aliphatic rings. The van der Waals surface area contributed by atoms with Crippen molar-refractivity contribution >= 4 is 17.7 Å². The van der Waals surface area contributed by atoms with Gasteiger partial charge in [0, 0.05) is 17.8 Å². The number of ether oxygens (including phenoxy) is 3. The average molecular weight is 341 g/mol. The fourth-order valence-corrected chi connectivity index (χ4v) is 2.23. The molecule has 0 bridgehead atoms. The van der Waals surface area contributed by atoms with Crippen LogP contribution < -0.4 is 19.5 Å². The monoisotopic (exact) mass is 341 g/mol. The summed E-state index contributed by atoms with van der Waals surface area (Å²) in [5.41, 5.74) is 1.53. The van der Waals surface area contributed by atoms with Gasteiger partial charge in [-0.15, -0.1) is 0 Å². The molecule has 0 atom stereocenters. The van der Waals surface area contributed by atoms with Crippen molar-refractivity contribution in [3.63, 3.8) is 0 Å². The Labute approximate surface area is 148 Å². The van der Waals surface area contributed by atoms with Crippen LogP contribution >= 0.6 is 0 Å². The number of carbonyl (C=O) groups excluding carboxylic acids is 1. The Hall–Kier alpha value is -2.95. The predicted octanol–water partition coefficient (Wildman–Crippen LogP) is 4.14. The molecule has 0 aromatic heterocycles. The first kappa shape index (κ1) is 18.4. The van der Waals surface area contributed by atoms with Gasteiger partial charge in [-0.25, -0.2) is 0 Å². The van der Waals surface area contributed by atoms with E-state index in [0.717, 1.165) is 5.56 Å². The van der Waals surface area contributed by atoms with E-state index in [1.807, 2.05) is 44.2 Å². The molecule has 0 heterocycles.